The summed E-state index contributed by atoms with van der Waals surface area (Å²) in [7, 11) is 0. The molecule has 0 fully saturated rings. The van der Waals surface area contributed by atoms with Crippen LogP contribution in [0.1, 0.15) is 27.2 Å². The minimum atomic E-state index is -0.942. The highest BCUT2D eigenvalue weighted by molar-refractivity contribution is 5.91. The molecule has 0 atom stereocenters. The van der Waals surface area contributed by atoms with Crippen LogP contribution in [-0.4, -0.2) is 22.7 Å². The van der Waals surface area contributed by atoms with Gasteiger partial charge in [-0.2, -0.15) is 0 Å². The number of aromatic nitrogens is 1. The van der Waals surface area contributed by atoms with Crippen LogP contribution >= 0.6 is 0 Å². The van der Waals surface area contributed by atoms with Crippen LogP contribution in [0.3, 0.4) is 0 Å². The number of rotatable bonds is 3. The van der Waals surface area contributed by atoms with Crippen LogP contribution in [0, 0.1) is 0 Å². The Balaban J connectivity index is 1.59. The fraction of sp³-hybridized carbons (Fsp3) is 0.176. The van der Waals surface area contributed by atoms with Gasteiger partial charge in [-0.05, 0) is 29.8 Å². The summed E-state index contributed by atoms with van der Waals surface area (Å²) in [6.45, 7) is 0.707. The highest BCUT2D eigenvalue weighted by Crippen LogP contribution is 2.32. The van der Waals surface area contributed by atoms with Crippen molar-refractivity contribution < 1.29 is 19.4 Å². The number of pyridine rings is 1. The van der Waals surface area contributed by atoms with Gasteiger partial charge in [0.05, 0.1) is 17.9 Å². The minimum Gasteiger partial charge on any atom is -0.493 e. The van der Waals surface area contributed by atoms with Crippen molar-refractivity contribution in [1.82, 2.24) is 4.98 Å². The summed E-state index contributed by atoms with van der Waals surface area (Å²) in [6, 6.07) is 7.25. The fourth-order valence-electron chi connectivity index (χ4n) is 2.84. The van der Waals surface area contributed by atoms with Gasteiger partial charge in [-0.15, -0.1) is 0 Å². The summed E-state index contributed by atoms with van der Waals surface area (Å²) in [5.41, 5.74) is 2.79. The van der Waals surface area contributed by atoms with E-state index >= 15 is 0 Å². The number of carbonyl (C=O) groups is 1. The van der Waals surface area contributed by atoms with Gasteiger partial charge in [0.25, 0.3) is 0 Å². The first-order valence-electron chi connectivity index (χ1n) is 7.06. The molecule has 5 heteroatoms. The number of carboxylic acids is 1. The fourth-order valence-corrected chi connectivity index (χ4v) is 2.84. The molecular weight excluding hydrogens is 282 g/mol. The number of benzene rings is 1. The van der Waals surface area contributed by atoms with Crippen molar-refractivity contribution in [1.29, 1.82) is 0 Å². The summed E-state index contributed by atoms with van der Waals surface area (Å²) < 4.78 is 11.4. The normalized spacial score (nSPS) is 14.8. The van der Waals surface area contributed by atoms with Crippen molar-refractivity contribution in [3.8, 4) is 11.5 Å². The topological polar surface area (TPSA) is 68.7 Å². The Morgan fingerprint density at radius 3 is 3.09 bits per heavy atom. The zero-order chi connectivity index (χ0) is 15.1. The van der Waals surface area contributed by atoms with Gasteiger partial charge in [0.15, 0.2) is 0 Å². The van der Waals surface area contributed by atoms with Crippen LogP contribution in [0.5, 0.6) is 11.5 Å². The van der Waals surface area contributed by atoms with Gasteiger partial charge in [0, 0.05) is 30.7 Å². The third kappa shape index (κ3) is 2.11. The number of hydrogen-bond acceptors (Lipinski definition) is 4. The van der Waals surface area contributed by atoms with Crippen molar-refractivity contribution in [3.05, 3.63) is 58.6 Å². The van der Waals surface area contributed by atoms with Crippen LogP contribution in [0.2, 0.25) is 0 Å². The lowest BCUT2D eigenvalue weighted by Gasteiger charge is -2.08. The van der Waals surface area contributed by atoms with E-state index in [0.29, 0.717) is 30.0 Å². The van der Waals surface area contributed by atoms with Crippen LogP contribution in [-0.2, 0) is 12.8 Å². The van der Waals surface area contributed by atoms with Gasteiger partial charge < -0.3 is 14.6 Å². The summed E-state index contributed by atoms with van der Waals surface area (Å²) in [6.07, 6.45) is 4.63. The van der Waals surface area contributed by atoms with E-state index in [1.54, 1.807) is 6.08 Å². The number of carboxylic acid groups (broad SMARTS) is 1. The van der Waals surface area contributed by atoms with Crippen molar-refractivity contribution in [2.75, 3.05) is 6.61 Å². The number of allylic oxidation sites excluding steroid dienone is 1. The van der Waals surface area contributed by atoms with E-state index < -0.39 is 5.97 Å². The first-order chi connectivity index (χ1) is 10.7. The molecule has 0 spiro atoms. The third-order valence-electron chi connectivity index (χ3n) is 3.88. The Morgan fingerprint density at radius 1 is 1.32 bits per heavy atom. The second-order valence-corrected chi connectivity index (χ2v) is 5.28. The quantitative estimate of drug-likeness (QED) is 0.943. The van der Waals surface area contributed by atoms with Crippen molar-refractivity contribution >= 4 is 12.0 Å². The van der Waals surface area contributed by atoms with Gasteiger partial charge in [-0.1, -0.05) is 0 Å². The highest BCUT2D eigenvalue weighted by atomic mass is 16.5. The lowest BCUT2D eigenvalue weighted by molar-refractivity contribution is 0.0695. The van der Waals surface area contributed by atoms with Crippen LogP contribution < -0.4 is 9.47 Å². The van der Waals surface area contributed by atoms with Crippen molar-refractivity contribution in [3.63, 3.8) is 0 Å². The second kappa shape index (κ2) is 4.87. The van der Waals surface area contributed by atoms with Gasteiger partial charge in [0.2, 0.25) is 0 Å². The second-order valence-electron chi connectivity index (χ2n) is 5.28. The van der Waals surface area contributed by atoms with Crippen molar-refractivity contribution in [2.24, 2.45) is 0 Å². The van der Waals surface area contributed by atoms with Crippen LogP contribution in [0.25, 0.3) is 6.08 Å². The SMILES string of the molecule is O=C(O)c1ccnc2c1CC(Oc1ccc3c(c1)CCO3)=C2. The average Bonchev–Trinajstić information content (AvgIpc) is 3.11. The predicted molar refractivity (Wildman–Crippen MR) is 79.1 cm³/mol. The molecule has 5 nitrogen and oxygen atoms in total. The summed E-state index contributed by atoms with van der Waals surface area (Å²) >= 11 is 0. The molecule has 1 aliphatic heterocycles. The summed E-state index contributed by atoms with van der Waals surface area (Å²) in [4.78, 5) is 15.5. The Hall–Kier alpha value is -2.82. The highest BCUT2D eigenvalue weighted by Gasteiger charge is 2.22. The monoisotopic (exact) mass is 295 g/mol. The van der Waals surface area contributed by atoms with E-state index in [0.717, 1.165) is 23.5 Å². The van der Waals surface area contributed by atoms with E-state index in [9.17, 15) is 9.90 Å². The zero-order valence-corrected chi connectivity index (χ0v) is 11.7. The molecule has 0 saturated heterocycles. The lowest BCUT2D eigenvalue weighted by atomic mass is 10.1. The largest absolute Gasteiger partial charge is 0.493 e. The number of nitrogens with zero attached hydrogens (tertiary/aromatic N) is 1. The molecule has 1 aliphatic carbocycles. The van der Waals surface area contributed by atoms with Crippen LogP contribution in [0.4, 0.5) is 0 Å². The molecule has 0 bridgehead atoms. The molecular formula is C17H13NO4. The van der Waals surface area contributed by atoms with E-state index in [-0.39, 0.29) is 5.56 Å². The average molecular weight is 295 g/mol. The zero-order valence-electron chi connectivity index (χ0n) is 11.7. The summed E-state index contributed by atoms with van der Waals surface area (Å²) in [5, 5.41) is 9.23. The Kier molecular flexibility index (Phi) is 2.85. The molecule has 0 saturated carbocycles. The molecule has 2 aliphatic rings. The smallest absolute Gasteiger partial charge is 0.336 e. The molecule has 1 N–H and O–H groups in total. The number of aromatic carboxylic acids is 1. The molecule has 1 aromatic heterocycles. The maximum atomic E-state index is 11.2. The van der Waals surface area contributed by atoms with Gasteiger partial charge in [-0.25, -0.2) is 4.79 Å². The molecule has 110 valence electrons. The van der Waals surface area contributed by atoms with E-state index in [4.69, 9.17) is 9.47 Å². The number of ether oxygens (including phenoxy) is 2. The third-order valence-corrected chi connectivity index (χ3v) is 3.88. The maximum Gasteiger partial charge on any atom is 0.336 e. The molecule has 4 rings (SSSR count). The Morgan fingerprint density at radius 2 is 2.23 bits per heavy atom. The number of hydrogen-bond donors (Lipinski definition) is 1. The number of fused-ring (bicyclic) bond motifs is 2. The molecule has 2 heterocycles. The predicted octanol–water partition coefficient (Wildman–Crippen LogP) is 2.69. The molecule has 1 aromatic carbocycles. The van der Waals surface area contributed by atoms with Gasteiger partial charge >= 0.3 is 5.97 Å². The Labute approximate surface area is 126 Å². The first-order valence-corrected chi connectivity index (χ1v) is 7.06. The van der Waals surface area contributed by atoms with Crippen molar-refractivity contribution in [2.45, 2.75) is 12.8 Å². The molecule has 22 heavy (non-hydrogen) atoms. The summed E-state index contributed by atoms with van der Waals surface area (Å²) in [5.74, 6) is 1.41. The Bertz CT molecular complexity index is 810. The van der Waals surface area contributed by atoms with E-state index in [1.165, 1.54) is 12.3 Å². The van der Waals surface area contributed by atoms with Gasteiger partial charge in [-0.3, -0.25) is 4.98 Å². The van der Waals surface area contributed by atoms with Gasteiger partial charge in [0.1, 0.15) is 17.3 Å². The van der Waals surface area contributed by atoms with E-state index in [1.807, 2.05) is 18.2 Å². The first kappa shape index (κ1) is 12.9. The molecule has 0 amide bonds. The van der Waals surface area contributed by atoms with E-state index in [2.05, 4.69) is 4.98 Å². The van der Waals surface area contributed by atoms with Crippen LogP contribution in [0.15, 0.2) is 36.2 Å². The standard InChI is InChI=1S/C17H13NO4/c19-17(20)13-3-5-18-15-9-12(8-14(13)15)22-11-1-2-16-10(7-11)4-6-21-16/h1-3,5,7,9H,4,6,8H2,(H,19,20). The lowest BCUT2D eigenvalue weighted by Crippen LogP contribution is -2.04. The minimum absolute atomic E-state index is 0.280. The molecule has 2 aromatic rings. The molecule has 0 unspecified atom stereocenters. The molecule has 0 radical (unpaired) electrons. The maximum absolute atomic E-state index is 11.2.